The summed E-state index contributed by atoms with van der Waals surface area (Å²) in [4.78, 5) is 24.7. The maximum Gasteiger partial charge on any atom is 0.328 e. The molecule has 0 aliphatic heterocycles. The lowest BCUT2D eigenvalue weighted by molar-refractivity contribution is -0.168. The summed E-state index contributed by atoms with van der Waals surface area (Å²) in [6, 6.07) is 6.43. The van der Waals surface area contributed by atoms with Gasteiger partial charge in [0.15, 0.2) is 5.41 Å². The van der Waals surface area contributed by atoms with Gasteiger partial charge in [0.25, 0.3) is 0 Å². The molecule has 5 heteroatoms. The van der Waals surface area contributed by atoms with Crippen LogP contribution in [0.25, 0.3) is 0 Å². The molecule has 21 heavy (non-hydrogen) atoms. The average molecular weight is 313 g/mol. The number of rotatable bonds is 7. The van der Waals surface area contributed by atoms with E-state index in [0.29, 0.717) is 36.6 Å². The molecule has 1 aromatic carbocycles. The highest BCUT2D eigenvalue weighted by Gasteiger charge is 2.46. The standard InChI is InChI=1S/C16H21ClO4/c1-4-11-20-14(18)16(5-2,6-3)15(19)21-13-9-7-12(17)8-10-13/h7-10H,4-6,11H2,1-3H3. The molecule has 0 amide bonds. The first-order chi connectivity index (χ1) is 10.00. The number of benzene rings is 1. The maximum absolute atomic E-state index is 12.4. The lowest BCUT2D eigenvalue weighted by Crippen LogP contribution is -2.42. The summed E-state index contributed by atoms with van der Waals surface area (Å²) in [6.07, 6.45) is 1.37. The van der Waals surface area contributed by atoms with Crippen LogP contribution >= 0.6 is 11.6 Å². The van der Waals surface area contributed by atoms with Crippen LogP contribution < -0.4 is 4.74 Å². The molecule has 0 heterocycles. The van der Waals surface area contributed by atoms with Crippen molar-refractivity contribution < 1.29 is 19.1 Å². The molecular formula is C16H21ClO4. The molecule has 0 spiro atoms. The van der Waals surface area contributed by atoms with Gasteiger partial charge in [0.2, 0.25) is 0 Å². The molecular weight excluding hydrogens is 292 g/mol. The Kier molecular flexibility index (Phi) is 6.69. The summed E-state index contributed by atoms with van der Waals surface area (Å²) in [5.41, 5.74) is -1.26. The van der Waals surface area contributed by atoms with Crippen LogP contribution in [0.1, 0.15) is 40.0 Å². The fraction of sp³-hybridized carbons (Fsp3) is 0.500. The van der Waals surface area contributed by atoms with E-state index >= 15 is 0 Å². The van der Waals surface area contributed by atoms with E-state index < -0.39 is 17.4 Å². The first-order valence-electron chi connectivity index (χ1n) is 7.15. The van der Waals surface area contributed by atoms with Crippen LogP contribution in [0.15, 0.2) is 24.3 Å². The minimum Gasteiger partial charge on any atom is -0.465 e. The second-order valence-corrected chi connectivity index (χ2v) is 5.21. The first-order valence-corrected chi connectivity index (χ1v) is 7.53. The molecule has 116 valence electrons. The summed E-state index contributed by atoms with van der Waals surface area (Å²) in [7, 11) is 0. The molecule has 0 aromatic heterocycles. The Labute approximate surface area is 130 Å². The van der Waals surface area contributed by atoms with E-state index in [4.69, 9.17) is 21.1 Å². The molecule has 1 rings (SSSR count). The van der Waals surface area contributed by atoms with Gasteiger partial charge in [0.05, 0.1) is 6.61 Å². The normalized spacial score (nSPS) is 11.0. The number of carbonyl (C=O) groups is 2. The van der Waals surface area contributed by atoms with E-state index in [1.807, 2.05) is 6.92 Å². The van der Waals surface area contributed by atoms with Gasteiger partial charge in [-0.05, 0) is 43.5 Å². The Hall–Kier alpha value is -1.55. The fourth-order valence-corrected chi connectivity index (χ4v) is 2.08. The molecule has 1 aromatic rings. The van der Waals surface area contributed by atoms with Crippen LogP contribution in [-0.4, -0.2) is 18.5 Å². The molecule has 0 fully saturated rings. The molecule has 0 unspecified atom stereocenters. The Morgan fingerprint density at radius 1 is 1.05 bits per heavy atom. The van der Waals surface area contributed by atoms with Crippen LogP contribution in [0.3, 0.4) is 0 Å². The summed E-state index contributed by atoms with van der Waals surface area (Å²) >= 11 is 5.79. The zero-order valence-electron chi connectivity index (χ0n) is 12.6. The molecule has 0 saturated heterocycles. The summed E-state index contributed by atoms with van der Waals surface area (Å²) in [5.74, 6) is -0.747. The van der Waals surface area contributed by atoms with Crippen LogP contribution in [0, 0.1) is 5.41 Å². The number of ether oxygens (including phenoxy) is 2. The predicted molar refractivity (Wildman–Crippen MR) is 81.4 cm³/mol. The highest BCUT2D eigenvalue weighted by molar-refractivity contribution is 6.30. The molecule has 0 radical (unpaired) electrons. The largest absolute Gasteiger partial charge is 0.465 e. The lowest BCUT2D eigenvalue weighted by Gasteiger charge is -2.26. The second kappa shape index (κ2) is 8.03. The fourth-order valence-electron chi connectivity index (χ4n) is 1.95. The van der Waals surface area contributed by atoms with Crippen LogP contribution in [0.5, 0.6) is 5.75 Å². The SMILES string of the molecule is CCCOC(=O)C(CC)(CC)C(=O)Oc1ccc(Cl)cc1. The van der Waals surface area contributed by atoms with E-state index in [1.54, 1.807) is 38.1 Å². The summed E-state index contributed by atoms with van der Waals surface area (Å²) < 4.78 is 10.5. The van der Waals surface area contributed by atoms with Gasteiger partial charge in [-0.25, -0.2) is 0 Å². The summed E-state index contributed by atoms with van der Waals surface area (Å²) in [5, 5.41) is 0.550. The number of hydrogen-bond acceptors (Lipinski definition) is 4. The predicted octanol–water partition coefficient (Wildman–Crippen LogP) is 4.01. The van der Waals surface area contributed by atoms with Crippen molar-refractivity contribution in [3.05, 3.63) is 29.3 Å². The molecule has 0 saturated carbocycles. The third-order valence-corrected chi connectivity index (χ3v) is 3.70. The van der Waals surface area contributed by atoms with Gasteiger partial charge in [-0.3, -0.25) is 9.59 Å². The topological polar surface area (TPSA) is 52.6 Å². The number of hydrogen-bond donors (Lipinski definition) is 0. The molecule has 0 bridgehead atoms. The summed E-state index contributed by atoms with van der Waals surface area (Å²) in [6.45, 7) is 5.76. The lowest BCUT2D eigenvalue weighted by atomic mass is 9.82. The Balaban J connectivity index is 2.90. The monoisotopic (exact) mass is 312 g/mol. The van der Waals surface area contributed by atoms with Crippen LogP contribution in [-0.2, 0) is 14.3 Å². The number of esters is 2. The van der Waals surface area contributed by atoms with Crippen molar-refractivity contribution in [2.24, 2.45) is 5.41 Å². The van der Waals surface area contributed by atoms with E-state index in [-0.39, 0.29) is 0 Å². The molecule has 0 aliphatic carbocycles. The second-order valence-electron chi connectivity index (χ2n) is 4.77. The van der Waals surface area contributed by atoms with Crippen LogP contribution in [0.2, 0.25) is 5.02 Å². The van der Waals surface area contributed by atoms with Crippen LogP contribution in [0.4, 0.5) is 0 Å². The minimum atomic E-state index is -1.26. The Morgan fingerprint density at radius 2 is 1.62 bits per heavy atom. The zero-order chi connectivity index (χ0) is 15.9. The van der Waals surface area contributed by atoms with Gasteiger partial charge in [-0.15, -0.1) is 0 Å². The molecule has 0 aliphatic rings. The van der Waals surface area contributed by atoms with Crippen molar-refractivity contribution >= 4 is 23.5 Å². The van der Waals surface area contributed by atoms with Crippen molar-refractivity contribution in [2.75, 3.05) is 6.61 Å². The third kappa shape index (κ3) is 4.21. The first kappa shape index (κ1) is 17.5. The van der Waals surface area contributed by atoms with Crippen molar-refractivity contribution in [2.45, 2.75) is 40.0 Å². The maximum atomic E-state index is 12.4. The van der Waals surface area contributed by atoms with Gasteiger partial charge in [-0.2, -0.15) is 0 Å². The number of halogens is 1. The molecule has 0 N–H and O–H groups in total. The van der Waals surface area contributed by atoms with Gasteiger partial charge in [-0.1, -0.05) is 32.4 Å². The van der Waals surface area contributed by atoms with E-state index in [9.17, 15) is 9.59 Å². The van der Waals surface area contributed by atoms with Crippen molar-refractivity contribution in [1.82, 2.24) is 0 Å². The molecule has 4 nitrogen and oxygen atoms in total. The van der Waals surface area contributed by atoms with E-state index in [2.05, 4.69) is 0 Å². The molecule has 0 atom stereocenters. The van der Waals surface area contributed by atoms with E-state index in [1.165, 1.54) is 0 Å². The van der Waals surface area contributed by atoms with Gasteiger partial charge in [0, 0.05) is 5.02 Å². The Morgan fingerprint density at radius 3 is 2.10 bits per heavy atom. The zero-order valence-corrected chi connectivity index (χ0v) is 13.4. The Bertz CT molecular complexity index is 478. The number of carbonyl (C=O) groups excluding carboxylic acids is 2. The van der Waals surface area contributed by atoms with Gasteiger partial charge in [0.1, 0.15) is 5.75 Å². The van der Waals surface area contributed by atoms with Crippen molar-refractivity contribution in [3.63, 3.8) is 0 Å². The van der Waals surface area contributed by atoms with Crippen molar-refractivity contribution in [1.29, 1.82) is 0 Å². The highest BCUT2D eigenvalue weighted by atomic mass is 35.5. The van der Waals surface area contributed by atoms with Gasteiger partial charge < -0.3 is 9.47 Å². The van der Waals surface area contributed by atoms with E-state index in [0.717, 1.165) is 0 Å². The third-order valence-electron chi connectivity index (χ3n) is 3.45. The smallest absolute Gasteiger partial charge is 0.328 e. The minimum absolute atomic E-state index is 0.300. The highest BCUT2D eigenvalue weighted by Crippen LogP contribution is 2.31. The average Bonchev–Trinajstić information content (AvgIpc) is 2.49. The van der Waals surface area contributed by atoms with Gasteiger partial charge >= 0.3 is 11.9 Å². The quantitative estimate of drug-likeness (QED) is 0.434. The van der Waals surface area contributed by atoms with Crippen molar-refractivity contribution in [3.8, 4) is 5.75 Å².